The molecule has 4 aromatic heterocycles. The van der Waals surface area contributed by atoms with E-state index in [2.05, 4.69) is 161 Å². The Morgan fingerprint density at radius 2 is 0.820 bits per heavy atom. The average molecular weight is 651 g/mol. The molecule has 8 aromatic rings. The number of hydrogen-bond acceptors (Lipinski definition) is 2. The van der Waals surface area contributed by atoms with Gasteiger partial charge in [-0.3, -0.25) is 9.13 Å². The van der Waals surface area contributed by atoms with Crippen LogP contribution >= 0.6 is 0 Å². The van der Waals surface area contributed by atoms with Crippen LogP contribution in [0.25, 0.3) is 78.5 Å². The highest BCUT2D eigenvalue weighted by Crippen LogP contribution is 2.38. The number of nitrogens with zero attached hydrogens (tertiary/aromatic N) is 4. The van der Waals surface area contributed by atoms with E-state index in [1.807, 2.05) is 24.5 Å². The lowest BCUT2D eigenvalue weighted by molar-refractivity contribution is 0.590. The molecule has 8 rings (SSSR count). The molecule has 0 bridgehead atoms. The second-order valence-corrected chi connectivity index (χ2v) is 15.4. The molecule has 4 heteroatoms. The minimum Gasteiger partial charge on any atom is -0.294 e. The fourth-order valence-electron chi connectivity index (χ4n) is 7.14. The van der Waals surface area contributed by atoms with E-state index in [-0.39, 0.29) is 10.8 Å². The van der Waals surface area contributed by atoms with E-state index in [9.17, 15) is 0 Å². The molecule has 0 unspecified atom stereocenters. The Morgan fingerprint density at radius 1 is 0.460 bits per heavy atom. The predicted octanol–water partition coefficient (Wildman–Crippen LogP) is 12.2. The molecule has 0 saturated carbocycles. The fraction of sp³-hybridized carbons (Fsp3) is 0.174. The minimum atomic E-state index is 0.0549. The van der Waals surface area contributed by atoms with Gasteiger partial charge in [0.15, 0.2) is 0 Å². The van der Waals surface area contributed by atoms with Gasteiger partial charge >= 0.3 is 0 Å². The van der Waals surface area contributed by atoms with Gasteiger partial charge in [0.2, 0.25) is 0 Å². The van der Waals surface area contributed by atoms with Gasteiger partial charge < -0.3 is 0 Å². The molecule has 0 N–H and O–H groups in total. The van der Waals surface area contributed by atoms with E-state index in [0.717, 1.165) is 56.0 Å². The number of pyridine rings is 2. The number of rotatable bonds is 5. The van der Waals surface area contributed by atoms with Crippen molar-refractivity contribution in [2.45, 2.75) is 52.4 Å². The Labute approximate surface area is 294 Å². The van der Waals surface area contributed by atoms with Crippen LogP contribution in [0.1, 0.15) is 63.8 Å². The first-order valence-corrected chi connectivity index (χ1v) is 17.3. The Balaban J connectivity index is 1.20. The molecule has 0 atom stereocenters. The topological polar surface area (TPSA) is 35.6 Å². The molecule has 246 valence electrons. The predicted molar refractivity (Wildman–Crippen MR) is 214 cm³/mol. The van der Waals surface area contributed by atoms with Gasteiger partial charge in [-0.25, -0.2) is 9.97 Å². The molecule has 4 nitrogen and oxygen atoms in total. The maximum absolute atomic E-state index is 5.04. The van der Waals surface area contributed by atoms with Gasteiger partial charge in [-0.15, -0.1) is 0 Å². The van der Waals surface area contributed by atoms with Gasteiger partial charge in [0.25, 0.3) is 0 Å². The first-order chi connectivity index (χ1) is 23.9. The summed E-state index contributed by atoms with van der Waals surface area (Å²) in [6, 6.07) is 35.2. The summed E-state index contributed by atoms with van der Waals surface area (Å²) in [5, 5.41) is 4.86. The van der Waals surface area contributed by atoms with Crippen LogP contribution in [0, 0.1) is 0 Å². The first kappa shape index (κ1) is 31.5. The number of aromatic nitrogens is 4. The molecular formula is C46H42N4. The van der Waals surface area contributed by atoms with Gasteiger partial charge in [-0.2, -0.15) is 0 Å². The SMILES string of the molecule is C=Cc1ccc2c(c1)c1cc(C=C)ccc1n2-c1ccc(-c2ccc(-n3c4ccc(C(C)(C)C)cc4c4cc(C(C)(C)C)ccc43)nc2)cn1. The van der Waals surface area contributed by atoms with Crippen molar-refractivity contribution in [1.82, 2.24) is 19.1 Å². The van der Waals surface area contributed by atoms with E-state index in [1.54, 1.807) is 0 Å². The van der Waals surface area contributed by atoms with E-state index in [0.29, 0.717) is 0 Å². The molecular weight excluding hydrogens is 609 g/mol. The van der Waals surface area contributed by atoms with Crippen LogP contribution in [0.15, 0.2) is 123 Å². The van der Waals surface area contributed by atoms with Gasteiger partial charge in [0, 0.05) is 45.1 Å². The Hall–Kier alpha value is -5.74. The van der Waals surface area contributed by atoms with E-state index in [1.165, 1.54) is 32.7 Å². The Bertz CT molecular complexity index is 2480. The smallest absolute Gasteiger partial charge is 0.137 e. The number of hydrogen-bond donors (Lipinski definition) is 0. The van der Waals surface area contributed by atoms with E-state index < -0.39 is 0 Å². The molecule has 0 saturated heterocycles. The normalized spacial score (nSPS) is 12.4. The quantitative estimate of drug-likeness (QED) is 0.186. The third-order valence-corrected chi connectivity index (χ3v) is 10.1. The van der Waals surface area contributed by atoms with Crippen molar-refractivity contribution < 1.29 is 0 Å². The summed E-state index contributed by atoms with van der Waals surface area (Å²) < 4.78 is 4.53. The van der Waals surface area contributed by atoms with Crippen molar-refractivity contribution in [2.24, 2.45) is 0 Å². The average Bonchev–Trinajstić information content (AvgIpc) is 3.62. The van der Waals surface area contributed by atoms with E-state index in [4.69, 9.17) is 9.97 Å². The second-order valence-electron chi connectivity index (χ2n) is 15.4. The zero-order chi connectivity index (χ0) is 34.9. The summed E-state index contributed by atoms with van der Waals surface area (Å²) >= 11 is 0. The highest BCUT2D eigenvalue weighted by Gasteiger charge is 2.21. The van der Waals surface area contributed by atoms with Crippen molar-refractivity contribution in [3.63, 3.8) is 0 Å². The van der Waals surface area contributed by atoms with E-state index >= 15 is 0 Å². The molecule has 4 aromatic carbocycles. The van der Waals surface area contributed by atoms with Crippen LogP contribution in [-0.4, -0.2) is 19.1 Å². The molecule has 0 aliphatic heterocycles. The zero-order valence-corrected chi connectivity index (χ0v) is 29.8. The second kappa shape index (κ2) is 11.4. The van der Waals surface area contributed by atoms with Gasteiger partial charge in [0.05, 0.1) is 22.1 Å². The zero-order valence-electron chi connectivity index (χ0n) is 29.8. The first-order valence-electron chi connectivity index (χ1n) is 17.3. The van der Waals surface area contributed by atoms with Crippen LogP contribution < -0.4 is 0 Å². The number of benzene rings is 4. The lowest BCUT2D eigenvalue weighted by Crippen LogP contribution is -2.10. The van der Waals surface area contributed by atoms with Crippen molar-refractivity contribution in [3.8, 4) is 22.8 Å². The summed E-state index contributed by atoms with van der Waals surface area (Å²) in [6.07, 6.45) is 7.69. The third kappa shape index (κ3) is 5.14. The van der Waals surface area contributed by atoms with Crippen molar-refractivity contribution in [1.29, 1.82) is 0 Å². The lowest BCUT2D eigenvalue weighted by Gasteiger charge is -2.19. The third-order valence-electron chi connectivity index (χ3n) is 10.1. The minimum absolute atomic E-state index is 0.0549. The highest BCUT2D eigenvalue weighted by molar-refractivity contribution is 6.11. The molecule has 0 aliphatic carbocycles. The van der Waals surface area contributed by atoms with Gasteiger partial charge in [-0.05, 0) is 106 Å². The van der Waals surface area contributed by atoms with Crippen LogP contribution in [0.4, 0.5) is 0 Å². The molecule has 0 spiro atoms. The largest absolute Gasteiger partial charge is 0.294 e. The summed E-state index contributed by atoms with van der Waals surface area (Å²) in [6.45, 7) is 21.6. The van der Waals surface area contributed by atoms with Gasteiger partial charge in [0.1, 0.15) is 11.6 Å². The van der Waals surface area contributed by atoms with Crippen LogP contribution in [0.3, 0.4) is 0 Å². The van der Waals surface area contributed by atoms with Crippen molar-refractivity contribution >= 4 is 55.8 Å². The monoisotopic (exact) mass is 650 g/mol. The van der Waals surface area contributed by atoms with Crippen molar-refractivity contribution in [2.75, 3.05) is 0 Å². The molecule has 50 heavy (non-hydrogen) atoms. The van der Waals surface area contributed by atoms with Gasteiger partial charge in [-0.1, -0.05) is 91.1 Å². The standard InChI is InChI=1S/C46H42N4/c1-9-29-11-17-39-35(23-29)36-24-30(10-2)12-18-40(36)49(39)43-21-13-31(27-47-43)32-14-22-44(48-28-32)50-41-19-15-33(45(3,4)5)25-37(41)38-26-34(46(6,7)8)16-20-42(38)50/h9-28H,1-2H2,3-8H3. The molecule has 4 heterocycles. The number of fused-ring (bicyclic) bond motifs is 6. The summed E-state index contributed by atoms with van der Waals surface area (Å²) in [4.78, 5) is 10.0. The summed E-state index contributed by atoms with van der Waals surface area (Å²) in [5.41, 5.74) is 11.5. The maximum atomic E-state index is 5.04. The maximum Gasteiger partial charge on any atom is 0.137 e. The highest BCUT2D eigenvalue weighted by atomic mass is 15.1. The van der Waals surface area contributed by atoms with Crippen LogP contribution in [0.2, 0.25) is 0 Å². The fourth-order valence-corrected chi connectivity index (χ4v) is 7.14. The Kier molecular flexibility index (Phi) is 7.20. The van der Waals surface area contributed by atoms with Crippen LogP contribution in [0.5, 0.6) is 0 Å². The van der Waals surface area contributed by atoms with Crippen LogP contribution in [-0.2, 0) is 10.8 Å². The molecule has 0 fully saturated rings. The summed E-state index contributed by atoms with van der Waals surface area (Å²) in [7, 11) is 0. The lowest BCUT2D eigenvalue weighted by atomic mass is 9.85. The molecule has 0 amide bonds. The summed E-state index contributed by atoms with van der Waals surface area (Å²) in [5.74, 6) is 1.76. The van der Waals surface area contributed by atoms with Crippen molar-refractivity contribution in [3.05, 3.63) is 145 Å². The molecule has 0 aliphatic rings. The molecule has 0 radical (unpaired) electrons. The Morgan fingerprint density at radius 3 is 1.14 bits per heavy atom.